The molecule has 3 rings (SSSR count). The normalized spacial score (nSPS) is 11.3. The molecular formula is C20H25N5O. The number of carbonyl (C=O) groups excluding carboxylic acids is 1. The fourth-order valence-electron chi connectivity index (χ4n) is 3.16. The number of nitrogens with zero attached hydrogens (tertiary/aromatic N) is 4. The van der Waals surface area contributed by atoms with E-state index in [9.17, 15) is 4.79 Å². The van der Waals surface area contributed by atoms with Crippen LogP contribution < -0.4 is 5.32 Å². The van der Waals surface area contributed by atoms with E-state index in [-0.39, 0.29) is 11.9 Å². The zero-order chi connectivity index (χ0) is 18.7. The third-order valence-corrected chi connectivity index (χ3v) is 4.62. The lowest BCUT2D eigenvalue weighted by Gasteiger charge is -2.12. The van der Waals surface area contributed by atoms with Gasteiger partial charge in [-0.3, -0.25) is 9.78 Å². The highest BCUT2D eigenvalue weighted by Crippen LogP contribution is 2.25. The largest absolute Gasteiger partial charge is 0.350 e. The van der Waals surface area contributed by atoms with E-state index in [0.29, 0.717) is 19.4 Å². The van der Waals surface area contributed by atoms with Crippen LogP contribution in [-0.4, -0.2) is 25.7 Å². The van der Waals surface area contributed by atoms with E-state index in [0.717, 1.165) is 33.5 Å². The molecule has 1 N–H and O–H groups in total. The first kappa shape index (κ1) is 18.0. The van der Waals surface area contributed by atoms with Gasteiger partial charge in [0.2, 0.25) is 5.91 Å². The monoisotopic (exact) mass is 351 g/mol. The number of carbonyl (C=O) groups is 1. The van der Waals surface area contributed by atoms with Crippen molar-refractivity contribution in [1.82, 2.24) is 25.1 Å². The van der Waals surface area contributed by atoms with E-state index >= 15 is 0 Å². The predicted octanol–water partition coefficient (Wildman–Crippen LogP) is 3.27. The minimum Gasteiger partial charge on any atom is -0.350 e. The molecule has 0 aliphatic rings. The van der Waals surface area contributed by atoms with Gasteiger partial charge in [0.15, 0.2) is 5.65 Å². The molecule has 136 valence electrons. The number of pyridine rings is 2. The summed E-state index contributed by atoms with van der Waals surface area (Å²) in [6.07, 6.45) is 4.70. The number of aromatic nitrogens is 4. The number of fused-ring (bicyclic) bond motifs is 1. The molecule has 0 spiro atoms. The van der Waals surface area contributed by atoms with E-state index in [2.05, 4.69) is 36.2 Å². The lowest BCUT2D eigenvalue weighted by atomic mass is 10.0. The van der Waals surface area contributed by atoms with Crippen molar-refractivity contribution < 1.29 is 4.79 Å². The summed E-state index contributed by atoms with van der Waals surface area (Å²) in [5.74, 6) is 0.0208. The summed E-state index contributed by atoms with van der Waals surface area (Å²) in [5, 5.41) is 8.45. The van der Waals surface area contributed by atoms with Crippen LogP contribution >= 0.6 is 0 Å². The van der Waals surface area contributed by atoms with Crippen molar-refractivity contribution in [2.75, 3.05) is 0 Å². The molecule has 0 aliphatic heterocycles. The number of hydrogen-bond acceptors (Lipinski definition) is 4. The number of aryl methyl sites for hydroxylation is 2. The third-order valence-electron chi connectivity index (χ3n) is 4.62. The lowest BCUT2D eigenvalue weighted by Crippen LogP contribution is -2.23. The highest BCUT2D eigenvalue weighted by molar-refractivity contribution is 5.81. The zero-order valence-corrected chi connectivity index (χ0v) is 15.8. The van der Waals surface area contributed by atoms with Crippen LogP contribution in [0.1, 0.15) is 48.8 Å². The van der Waals surface area contributed by atoms with Crippen LogP contribution in [0.3, 0.4) is 0 Å². The molecule has 0 bridgehead atoms. The summed E-state index contributed by atoms with van der Waals surface area (Å²) >= 11 is 0. The van der Waals surface area contributed by atoms with Crippen molar-refractivity contribution >= 4 is 16.9 Å². The summed E-state index contributed by atoms with van der Waals surface area (Å²) in [4.78, 5) is 21.2. The Morgan fingerprint density at radius 2 is 2.08 bits per heavy atom. The van der Waals surface area contributed by atoms with Crippen LogP contribution in [0.2, 0.25) is 0 Å². The molecule has 6 heteroatoms. The van der Waals surface area contributed by atoms with Crippen LogP contribution in [0.15, 0.2) is 30.6 Å². The maximum atomic E-state index is 12.2. The summed E-state index contributed by atoms with van der Waals surface area (Å²) in [6, 6.07) is 5.95. The number of amides is 1. The van der Waals surface area contributed by atoms with Crippen LogP contribution in [-0.2, 0) is 17.8 Å². The van der Waals surface area contributed by atoms with Crippen LogP contribution in [0.25, 0.3) is 11.0 Å². The molecule has 0 radical (unpaired) electrons. The molecule has 3 aromatic heterocycles. The summed E-state index contributed by atoms with van der Waals surface area (Å²) in [6.45, 7) is 8.74. The Labute approximate surface area is 153 Å². The SMILES string of the molecule is Cc1nc2c(cnn2C(C)C)c(C)c1CCC(=O)NCc1ccccn1. The van der Waals surface area contributed by atoms with Gasteiger partial charge in [0, 0.05) is 29.7 Å². The van der Waals surface area contributed by atoms with Gasteiger partial charge in [-0.2, -0.15) is 5.10 Å². The summed E-state index contributed by atoms with van der Waals surface area (Å²) in [7, 11) is 0. The first-order valence-electron chi connectivity index (χ1n) is 8.97. The number of hydrogen-bond donors (Lipinski definition) is 1. The first-order valence-corrected chi connectivity index (χ1v) is 8.97. The van der Waals surface area contributed by atoms with Gasteiger partial charge < -0.3 is 5.32 Å². The number of nitrogens with one attached hydrogen (secondary N) is 1. The van der Waals surface area contributed by atoms with Gasteiger partial charge in [-0.25, -0.2) is 9.67 Å². The Balaban J connectivity index is 1.69. The van der Waals surface area contributed by atoms with Gasteiger partial charge in [0.25, 0.3) is 0 Å². The van der Waals surface area contributed by atoms with Crippen molar-refractivity contribution in [3.63, 3.8) is 0 Å². The highest BCUT2D eigenvalue weighted by atomic mass is 16.1. The van der Waals surface area contributed by atoms with Crippen molar-refractivity contribution in [1.29, 1.82) is 0 Å². The van der Waals surface area contributed by atoms with Crippen LogP contribution in [0, 0.1) is 13.8 Å². The van der Waals surface area contributed by atoms with Crippen molar-refractivity contribution in [3.8, 4) is 0 Å². The van der Waals surface area contributed by atoms with Crippen molar-refractivity contribution in [2.24, 2.45) is 0 Å². The standard InChI is InChI=1S/C20H25N5O/c1-13(2)25-20-18(12-23-25)14(3)17(15(4)24-20)8-9-19(26)22-11-16-7-5-6-10-21-16/h5-7,10,12-13H,8-9,11H2,1-4H3,(H,22,26). The Morgan fingerprint density at radius 3 is 2.77 bits per heavy atom. The van der Waals surface area contributed by atoms with E-state index in [1.807, 2.05) is 36.0 Å². The van der Waals surface area contributed by atoms with Gasteiger partial charge in [0.1, 0.15) is 0 Å². The Bertz CT molecular complexity index is 915. The maximum absolute atomic E-state index is 12.2. The Kier molecular flexibility index (Phi) is 5.30. The predicted molar refractivity (Wildman–Crippen MR) is 102 cm³/mol. The Hall–Kier alpha value is -2.76. The second-order valence-corrected chi connectivity index (χ2v) is 6.82. The third kappa shape index (κ3) is 3.74. The van der Waals surface area contributed by atoms with E-state index < -0.39 is 0 Å². The molecule has 6 nitrogen and oxygen atoms in total. The van der Waals surface area contributed by atoms with E-state index in [1.54, 1.807) is 6.20 Å². The Morgan fingerprint density at radius 1 is 1.27 bits per heavy atom. The minimum atomic E-state index is 0.0208. The molecular weight excluding hydrogens is 326 g/mol. The molecule has 0 atom stereocenters. The smallest absolute Gasteiger partial charge is 0.220 e. The maximum Gasteiger partial charge on any atom is 0.220 e. The van der Waals surface area contributed by atoms with E-state index in [1.165, 1.54) is 0 Å². The topological polar surface area (TPSA) is 72.7 Å². The molecule has 0 unspecified atom stereocenters. The molecule has 0 saturated heterocycles. The van der Waals surface area contributed by atoms with Crippen LogP contribution in [0.5, 0.6) is 0 Å². The lowest BCUT2D eigenvalue weighted by molar-refractivity contribution is -0.121. The molecule has 0 aliphatic carbocycles. The average molecular weight is 351 g/mol. The number of rotatable bonds is 6. The summed E-state index contributed by atoms with van der Waals surface area (Å²) < 4.78 is 1.94. The van der Waals surface area contributed by atoms with Crippen LogP contribution in [0.4, 0.5) is 0 Å². The van der Waals surface area contributed by atoms with Crippen molar-refractivity contribution in [2.45, 2.75) is 53.1 Å². The zero-order valence-electron chi connectivity index (χ0n) is 15.8. The van der Waals surface area contributed by atoms with Gasteiger partial charge in [-0.1, -0.05) is 6.07 Å². The van der Waals surface area contributed by atoms with Gasteiger partial charge >= 0.3 is 0 Å². The van der Waals surface area contributed by atoms with E-state index in [4.69, 9.17) is 4.98 Å². The minimum absolute atomic E-state index is 0.0208. The second kappa shape index (κ2) is 7.64. The molecule has 0 fully saturated rings. The molecule has 3 aromatic rings. The van der Waals surface area contributed by atoms with Gasteiger partial charge in [-0.05, 0) is 57.4 Å². The highest BCUT2D eigenvalue weighted by Gasteiger charge is 2.15. The first-order chi connectivity index (χ1) is 12.5. The fraction of sp³-hybridized carbons (Fsp3) is 0.400. The molecule has 26 heavy (non-hydrogen) atoms. The quantitative estimate of drug-likeness (QED) is 0.740. The average Bonchev–Trinajstić information content (AvgIpc) is 3.04. The molecule has 3 heterocycles. The molecule has 0 aromatic carbocycles. The fourth-order valence-corrected chi connectivity index (χ4v) is 3.16. The molecule has 1 amide bonds. The van der Waals surface area contributed by atoms with Gasteiger partial charge in [0.05, 0.1) is 18.4 Å². The van der Waals surface area contributed by atoms with Crippen molar-refractivity contribution in [3.05, 3.63) is 53.1 Å². The molecule has 0 saturated carbocycles. The second-order valence-electron chi connectivity index (χ2n) is 6.82. The van der Waals surface area contributed by atoms with Gasteiger partial charge in [-0.15, -0.1) is 0 Å². The summed E-state index contributed by atoms with van der Waals surface area (Å²) in [5.41, 5.74) is 5.04.